The van der Waals surface area contributed by atoms with E-state index >= 15 is 0 Å². The molecule has 1 N–H and O–H groups in total. The van der Waals surface area contributed by atoms with Crippen LogP contribution in [-0.4, -0.2) is 42.7 Å². The van der Waals surface area contributed by atoms with Gasteiger partial charge in [0.1, 0.15) is 0 Å². The Hall–Kier alpha value is -3.23. The number of carbonyl (C=O) groups is 1. The smallest absolute Gasteiger partial charge is 0.338 e. The highest BCUT2D eigenvalue weighted by atomic mass is 35.5. The Morgan fingerprint density at radius 1 is 1.06 bits per heavy atom. The normalized spacial score (nSPS) is 18.1. The highest BCUT2D eigenvalue weighted by Crippen LogP contribution is 2.43. The van der Waals surface area contributed by atoms with E-state index in [0.29, 0.717) is 21.7 Å². The first-order valence-electron chi connectivity index (χ1n) is 9.25. The topological polar surface area (TPSA) is 101 Å². The molecule has 0 spiro atoms. The minimum atomic E-state index is -4.41. The van der Waals surface area contributed by atoms with Crippen LogP contribution in [0.1, 0.15) is 11.1 Å². The first-order chi connectivity index (χ1) is 14.8. The van der Waals surface area contributed by atoms with Gasteiger partial charge in [-0.25, -0.2) is 13.2 Å². The van der Waals surface area contributed by atoms with Gasteiger partial charge in [0.2, 0.25) is 14.6 Å². The van der Waals surface area contributed by atoms with Gasteiger partial charge in [-0.05, 0) is 30.2 Å². The van der Waals surface area contributed by atoms with Crippen LogP contribution < -0.4 is 0 Å². The fourth-order valence-corrected chi connectivity index (χ4v) is 5.56. The highest BCUT2D eigenvalue weighted by molar-refractivity contribution is 7.95. The number of H-pyrrole nitrogens is 1. The van der Waals surface area contributed by atoms with Crippen LogP contribution in [0.2, 0.25) is 5.02 Å². The number of aromatic amines is 1. The van der Waals surface area contributed by atoms with Crippen LogP contribution in [0.3, 0.4) is 0 Å². The van der Waals surface area contributed by atoms with Crippen molar-refractivity contribution in [1.29, 1.82) is 0 Å². The van der Waals surface area contributed by atoms with Crippen molar-refractivity contribution in [3.63, 3.8) is 0 Å². The van der Waals surface area contributed by atoms with Crippen LogP contribution in [-0.2, 0) is 19.4 Å². The third kappa shape index (κ3) is 3.28. The van der Waals surface area contributed by atoms with Crippen molar-refractivity contribution in [3.05, 3.63) is 77.1 Å². The molecule has 7 nitrogen and oxygen atoms in total. The van der Waals surface area contributed by atoms with Crippen molar-refractivity contribution in [1.82, 2.24) is 10.2 Å². The van der Waals surface area contributed by atoms with E-state index in [1.165, 1.54) is 12.4 Å². The van der Waals surface area contributed by atoms with Crippen molar-refractivity contribution in [3.8, 4) is 11.1 Å². The summed E-state index contributed by atoms with van der Waals surface area (Å²) >= 11 is 5.98. The monoisotopic (exact) mass is 455 g/mol. The van der Waals surface area contributed by atoms with Crippen molar-refractivity contribution in [2.45, 2.75) is 16.7 Å². The number of esters is 1. The Balaban J connectivity index is 1.92. The van der Waals surface area contributed by atoms with E-state index in [4.69, 9.17) is 16.3 Å². The summed E-state index contributed by atoms with van der Waals surface area (Å²) in [6, 6.07) is 13.8. The summed E-state index contributed by atoms with van der Waals surface area (Å²) in [5.74, 6) is -0.973. The third-order valence-corrected chi connectivity index (χ3v) is 7.60. The molecule has 0 saturated heterocycles. The summed E-state index contributed by atoms with van der Waals surface area (Å²) < 4.78 is 30.8. The second-order valence-corrected chi connectivity index (χ2v) is 9.53. The zero-order valence-corrected chi connectivity index (χ0v) is 18.2. The number of hydrogen-bond acceptors (Lipinski definition) is 6. The quantitative estimate of drug-likeness (QED) is 0.589. The van der Waals surface area contributed by atoms with Crippen LogP contribution in [0.4, 0.5) is 0 Å². The van der Waals surface area contributed by atoms with Crippen LogP contribution in [0.15, 0.2) is 70.9 Å². The van der Waals surface area contributed by atoms with E-state index in [9.17, 15) is 13.2 Å². The molecule has 0 bridgehead atoms. The number of aromatic nitrogens is 2. The number of rotatable bonds is 5. The molecule has 0 radical (unpaired) electrons. The standard InChI is InChI=1S/C22H18ClN3O4S/c1-14-3-5-15(6-4-14)18-11-25-26-20(18)31(28,29)22(21(27)30-2)13-24-12-19(22)16-7-9-17(23)10-8-16/h3-13H,1-2H3,(H,25,26). The number of methoxy groups -OCH3 is 1. The molecule has 1 unspecified atom stereocenters. The van der Waals surface area contributed by atoms with Gasteiger partial charge in [0.25, 0.3) is 0 Å². The number of carbonyl (C=O) groups excluding carboxylic acids is 1. The van der Waals surface area contributed by atoms with E-state index in [-0.39, 0.29) is 10.6 Å². The third-order valence-electron chi connectivity index (χ3n) is 5.16. The van der Waals surface area contributed by atoms with E-state index in [2.05, 4.69) is 15.2 Å². The molecule has 0 saturated carbocycles. The lowest BCUT2D eigenvalue weighted by molar-refractivity contribution is -0.140. The van der Waals surface area contributed by atoms with Crippen molar-refractivity contribution in [2.75, 3.05) is 7.11 Å². The molecule has 2 aromatic carbocycles. The van der Waals surface area contributed by atoms with Crippen molar-refractivity contribution >= 4 is 39.2 Å². The molecule has 3 aromatic rings. The minimum Gasteiger partial charge on any atom is -0.467 e. The first-order valence-corrected chi connectivity index (χ1v) is 11.1. The number of benzene rings is 2. The van der Waals surface area contributed by atoms with E-state index in [1.807, 2.05) is 19.1 Å². The largest absolute Gasteiger partial charge is 0.467 e. The van der Waals surface area contributed by atoms with Gasteiger partial charge in [0.05, 0.1) is 13.3 Å². The lowest BCUT2D eigenvalue weighted by atomic mass is 9.94. The summed E-state index contributed by atoms with van der Waals surface area (Å²) in [6.07, 6.45) is 3.86. The fraction of sp³-hybridized carbons (Fsp3) is 0.136. The van der Waals surface area contributed by atoms with Gasteiger partial charge in [-0.1, -0.05) is 53.6 Å². The number of hydrogen-bond donors (Lipinski definition) is 1. The molecule has 1 aliphatic rings. The van der Waals surface area contributed by atoms with E-state index in [1.54, 1.807) is 36.4 Å². The predicted molar refractivity (Wildman–Crippen MR) is 119 cm³/mol. The fourth-order valence-electron chi connectivity index (χ4n) is 3.52. The van der Waals surface area contributed by atoms with Gasteiger partial charge in [-0.2, -0.15) is 5.10 Å². The minimum absolute atomic E-state index is 0.167. The first kappa shape index (κ1) is 21.0. The molecular formula is C22H18ClN3O4S. The maximum atomic E-state index is 14.0. The lowest BCUT2D eigenvalue weighted by Gasteiger charge is -2.26. The van der Waals surface area contributed by atoms with Crippen molar-refractivity contribution < 1.29 is 17.9 Å². The maximum absolute atomic E-state index is 14.0. The van der Waals surface area contributed by atoms with Gasteiger partial charge in [-0.3, -0.25) is 10.1 Å². The Labute approximate surface area is 184 Å². The number of ether oxygens (including phenoxy) is 1. The van der Waals surface area contributed by atoms with Gasteiger partial charge in [-0.15, -0.1) is 0 Å². The number of nitrogens with zero attached hydrogens (tertiary/aromatic N) is 2. The molecule has 9 heteroatoms. The maximum Gasteiger partial charge on any atom is 0.338 e. The summed E-state index contributed by atoms with van der Waals surface area (Å²) in [4.78, 5) is 17.1. The number of halogens is 1. The molecule has 31 heavy (non-hydrogen) atoms. The molecule has 1 atom stereocenters. The number of aliphatic imine (C=N–C) groups is 1. The molecule has 1 aliphatic heterocycles. The Kier molecular flexibility index (Phi) is 5.28. The summed E-state index contributed by atoms with van der Waals surface area (Å²) in [5, 5.41) is 6.79. The molecule has 0 fully saturated rings. The number of sulfone groups is 1. The second-order valence-electron chi connectivity index (χ2n) is 7.04. The Morgan fingerprint density at radius 2 is 1.71 bits per heavy atom. The Bertz CT molecular complexity index is 1310. The predicted octanol–water partition coefficient (Wildman–Crippen LogP) is 3.85. The zero-order valence-electron chi connectivity index (χ0n) is 16.7. The van der Waals surface area contributed by atoms with Crippen molar-refractivity contribution in [2.24, 2.45) is 4.99 Å². The molecule has 0 aliphatic carbocycles. The molecule has 2 heterocycles. The molecular weight excluding hydrogens is 438 g/mol. The average molecular weight is 456 g/mol. The van der Waals surface area contributed by atoms with Gasteiger partial charge < -0.3 is 4.74 Å². The summed E-state index contributed by atoms with van der Waals surface area (Å²) in [6.45, 7) is 1.93. The molecule has 0 amide bonds. The lowest BCUT2D eigenvalue weighted by Crippen LogP contribution is -2.48. The zero-order chi connectivity index (χ0) is 22.2. The SMILES string of the molecule is COC(=O)C1(S(=O)(=O)c2[nH]ncc2-c2ccc(C)cc2)C=NC=C1c1ccc(Cl)cc1. The van der Waals surface area contributed by atoms with Crippen LogP contribution in [0.25, 0.3) is 16.7 Å². The van der Waals surface area contributed by atoms with Crippen LogP contribution >= 0.6 is 11.6 Å². The summed E-state index contributed by atoms with van der Waals surface area (Å²) in [7, 11) is -3.27. The number of nitrogens with one attached hydrogen (secondary N) is 1. The second kappa shape index (κ2) is 7.79. The van der Waals surface area contributed by atoms with Crippen LogP contribution in [0.5, 0.6) is 0 Å². The van der Waals surface area contributed by atoms with Crippen LogP contribution in [0, 0.1) is 6.92 Å². The average Bonchev–Trinajstić information content (AvgIpc) is 3.43. The van der Waals surface area contributed by atoms with Gasteiger partial charge >= 0.3 is 5.97 Å². The molecule has 158 valence electrons. The molecule has 1 aromatic heterocycles. The van der Waals surface area contributed by atoms with Gasteiger partial charge in [0, 0.05) is 28.6 Å². The summed E-state index contributed by atoms with van der Waals surface area (Å²) in [5.41, 5.74) is 2.66. The molecule has 4 rings (SSSR count). The Morgan fingerprint density at radius 3 is 2.35 bits per heavy atom. The highest BCUT2D eigenvalue weighted by Gasteiger charge is 2.58. The number of aryl methyl sites for hydroxylation is 1. The van der Waals surface area contributed by atoms with Gasteiger partial charge in [0.15, 0.2) is 5.03 Å². The van der Waals surface area contributed by atoms with E-state index < -0.39 is 20.6 Å². The van der Waals surface area contributed by atoms with E-state index in [0.717, 1.165) is 18.9 Å².